The Morgan fingerprint density at radius 1 is 1.33 bits per heavy atom. The summed E-state index contributed by atoms with van der Waals surface area (Å²) in [6.45, 7) is 0.583. The van der Waals surface area contributed by atoms with Crippen LogP contribution in [0.4, 0.5) is 0 Å². The minimum Gasteiger partial charge on any atom is -0.368 e. The fourth-order valence-electron chi connectivity index (χ4n) is 2.25. The summed E-state index contributed by atoms with van der Waals surface area (Å²) >= 11 is 0. The normalized spacial score (nSPS) is 21.3. The molecule has 15 heavy (non-hydrogen) atoms. The fourth-order valence-corrected chi connectivity index (χ4v) is 2.25. The summed E-state index contributed by atoms with van der Waals surface area (Å²) in [6.07, 6.45) is 7.71. The van der Waals surface area contributed by atoms with E-state index in [-0.39, 0.29) is 0 Å². The van der Waals surface area contributed by atoms with Gasteiger partial charge in [0, 0.05) is 12.6 Å². The van der Waals surface area contributed by atoms with Crippen LogP contribution in [0.25, 0.3) is 0 Å². The molecule has 1 aliphatic rings. The van der Waals surface area contributed by atoms with Gasteiger partial charge in [0.15, 0.2) is 0 Å². The van der Waals surface area contributed by atoms with Gasteiger partial charge in [0.05, 0.1) is 6.04 Å². The number of hydrogen-bond acceptors (Lipinski definition) is 3. The SMILES string of the molecule is CN(CC(N)C(N)=O)C1CCCCCC1. The van der Waals surface area contributed by atoms with Gasteiger partial charge in [-0.3, -0.25) is 4.79 Å². The van der Waals surface area contributed by atoms with E-state index in [0.29, 0.717) is 12.6 Å². The van der Waals surface area contributed by atoms with E-state index in [9.17, 15) is 4.79 Å². The van der Waals surface area contributed by atoms with Gasteiger partial charge in [-0.1, -0.05) is 25.7 Å². The zero-order valence-electron chi connectivity index (χ0n) is 9.61. The lowest BCUT2D eigenvalue weighted by Crippen LogP contribution is -2.47. The molecule has 1 fully saturated rings. The van der Waals surface area contributed by atoms with Gasteiger partial charge in [0.2, 0.25) is 5.91 Å². The number of amides is 1. The first kappa shape index (κ1) is 12.5. The van der Waals surface area contributed by atoms with Gasteiger partial charge >= 0.3 is 0 Å². The van der Waals surface area contributed by atoms with Gasteiger partial charge < -0.3 is 16.4 Å². The van der Waals surface area contributed by atoms with Crippen molar-refractivity contribution >= 4 is 5.91 Å². The van der Waals surface area contributed by atoms with E-state index < -0.39 is 11.9 Å². The molecule has 1 atom stereocenters. The Hall–Kier alpha value is -0.610. The minimum atomic E-state index is -0.529. The molecule has 0 spiro atoms. The second kappa shape index (κ2) is 6.08. The Morgan fingerprint density at radius 3 is 2.33 bits per heavy atom. The van der Waals surface area contributed by atoms with Crippen molar-refractivity contribution in [2.24, 2.45) is 11.5 Å². The van der Waals surface area contributed by atoms with E-state index in [1.54, 1.807) is 0 Å². The molecule has 0 aromatic rings. The number of nitrogens with two attached hydrogens (primary N) is 2. The topological polar surface area (TPSA) is 72.3 Å². The molecule has 4 N–H and O–H groups in total. The quantitative estimate of drug-likeness (QED) is 0.666. The molecule has 0 aromatic carbocycles. The zero-order chi connectivity index (χ0) is 11.3. The Labute approximate surface area is 92.0 Å². The molecular formula is C11H23N3O. The van der Waals surface area contributed by atoms with Crippen LogP contribution in [0.1, 0.15) is 38.5 Å². The summed E-state index contributed by atoms with van der Waals surface area (Å²) in [7, 11) is 2.04. The van der Waals surface area contributed by atoms with Crippen LogP contribution < -0.4 is 11.5 Å². The molecule has 0 aliphatic heterocycles. The van der Waals surface area contributed by atoms with E-state index in [4.69, 9.17) is 11.5 Å². The summed E-state index contributed by atoms with van der Waals surface area (Å²) in [5.74, 6) is -0.407. The van der Waals surface area contributed by atoms with Crippen LogP contribution in [0.5, 0.6) is 0 Å². The summed E-state index contributed by atoms with van der Waals surface area (Å²) in [6, 6.07) is 0.0520. The highest BCUT2D eigenvalue weighted by Crippen LogP contribution is 2.20. The average Bonchev–Trinajstić information content (AvgIpc) is 2.45. The number of carbonyl (C=O) groups is 1. The maximum absolute atomic E-state index is 10.9. The molecule has 4 heteroatoms. The fraction of sp³-hybridized carbons (Fsp3) is 0.909. The van der Waals surface area contributed by atoms with Crippen molar-refractivity contribution in [1.82, 2.24) is 4.90 Å². The van der Waals surface area contributed by atoms with E-state index >= 15 is 0 Å². The Balaban J connectivity index is 2.37. The van der Waals surface area contributed by atoms with Crippen LogP contribution in [-0.2, 0) is 4.79 Å². The van der Waals surface area contributed by atoms with Gasteiger partial charge in [-0.25, -0.2) is 0 Å². The molecule has 1 unspecified atom stereocenters. The smallest absolute Gasteiger partial charge is 0.235 e. The molecule has 0 heterocycles. The third-order valence-electron chi connectivity index (χ3n) is 3.30. The summed E-state index contributed by atoms with van der Waals surface area (Å²) in [5.41, 5.74) is 10.8. The predicted octanol–water partition coefficient (Wildman–Crippen LogP) is 0.454. The Morgan fingerprint density at radius 2 is 1.87 bits per heavy atom. The number of likely N-dealkylation sites (N-methyl/N-ethyl adjacent to an activating group) is 1. The summed E-state index contributed by atoms with van der Waals surface area (Å²) in [5, 5.41) is 0. The maximum atomic E-state index is 10.9. The number of carbonyl (C=O) groups excluding carboxylic acids is 1. The van der Waals surface area contributed by atoms with Crippen LogP contribution in [0, 0.1) is 0 Å². The number of nitrogens with zero attached hydrogens (tertiary/aromatic N) is 1. The first-order chi connectivity index (χ1) is 7.11. The average molecular weight is 213 g/mol. The van der Waals surface area contributed by atoms with Crippen LogP contribution in [0.3, 0.4) is 0 Å². The van der Waals surface area contributed by atoms with E-state index in [1.165, 1.54) is 38.5 Å². The van der Waals surface area contributed by atoms with Crippen molar-refractivity contribution in [2.75, 3.05) is 13.6 Å². The van der Waals surface area contributed by atoms with Gasteiger partial charge in [-0.05, 0) is 19.9 Å². The van der Waals surface area contributed by atoms with Crippen molar-refractivity contribution in [2.45, 2.75) is 50.6 Å². The second-order valence-electron chi connectivity index (χ2n) is 4.59. The molecule has 1 aliphatic carbocycles. The van der Waals surface area contributed by atoms with Gasteiger partial charge in [-0.15, -0.1) is 0 Å². The van der Waals surface area contributed by atoms with Crippen LogP contribution in [-0.4, -0.2) is 36.5 Å². The first-order valence-corrected chi connectivity index (χ1v) is 5.86. The summed E-state index contributed by atoms with van der Waals surface area (Å²) in [4.78, 5) is 13.1. The third kappa shape index (κ3) is 4.18. The maximum Gasteiger partial charge on any atom is 0.235 e. The first-order valence-electron chi connectivity index (χ1n) is 5.86. The molecule has 4 nitrogen and oxygen atoms in total. The van der Waals surface area contributed by atoms with E-state index in [2.05, 4.69) is 4.90 Å². The molecule has 0 saturated heterocycles. The van der Waals surface area contributed by atoms with Crippen molar-refractivity contribution in [1.29, 1.82) is 0 Å². The molecular weight excluding hydrogens is 190 g/mol. The molecule has 0 bridgehead atoms. The monoisotopic (exact) mass is 213 g/mol. The summed E-state index contributed by atoms with van der Waals surface area (Å²) < 4.78 is 0. The largest absolute Gasteiger partial charge is 0.368 e. The van der Waals surface area contributed by atoms with Crippen LogP contribution >= 0.6 is 0 Å². The minimum absolute atomic E-state index is 0.407. The number of primary amides is 1. The van der Waals surface area contributed by atoms with Gasteiger partial charge in [0.25, 0.3) is 0 Å². The van der Waals surface area contributed by atoms with Crippen molar-refractivity contribution < 1.29 is 4.79 Å². The standard InChI is InChI=1S/C11H23N3O/c1-14(8-10(12)11(13)15)9-6-4-2-3-5-7-9/h9-10H,2-8,12H2,1H3,(H2,13,15). The lowest BCUT2D eigenvalue weighted by molar-refractivity contribution is -0.119. The zero-order valence-corrected chi connectivity index (χ0v) is 9.61. The molecule has 0 aromatic heterocycles. The van der Waals surface area contributed by atoms with Crippen molar-refractivity contribution in [3.63, 3.8) is 0 Å². The molecule has 88 valence electrons. The molecule has 1 saturated carbocycles. The highest BCUT2D eigenvalue weighted by molar-refractivity contribution is 5.79. The predicted molar refractivity (Wildman–Crippen MR) is 61.3 cm³/mol. The number of rotatable bonds is 4. The van der Waals surface area contributed by atoms with Crippen molar-refractivity contribution in [3.8, 4) is 0 Å². The van der Waals surface area contributed by atoms with Crippen LogP contribution in [0.15, 0.2) is 0 Å². The molecule has 0 radical (unpaired) electrons. The van der Waals surface area contributed by atoms with Crippen LogP contribution in [0.2, 0.25) is 0 Å². The highest BCUT2D eigenvalue weighted by atomic mass is 16.1. The van der Waals surface area contributed by atoms with Gasteiger partial charge in [-0.2, -0.15) is 0 Å². The lowest BCUT2D eigenvalue weighted by atomic mass is 10.1. The van der Waals surface area contributed by atoms with Gasteiger partial charge in [0.1, 0.15) is 0 Å². The Bertz CT molecular complexity index is 200. The molecule has 1 amide bonds. The van der Waals surface area contributed by atoms with Crippen molar-refractivity contribution in [3.05, 3.63) is 0 Å². The third-order valence-corrected chi connectivity index (χ3v) is 3.30. The second-order valence-corrected chi connectivity index (χ2v) is 4.59. The molecule has 1 rings (SSSR count). The Kier molecular flexibility index (Phi) is 5.05. The highest BCUT2D eigenvalue weighted by Gasteiger charge is 2.20. The number of hydrogen-bond donors (Lipinski definition) is 2. The van der Waals surface area contributed by atoms with E-state index in [1.807, 2.05) is 7.05 Å². The van der Waals surface area contributed by atoms with E-state index in [0.717, 1.165) is 0 Å². The lowest BCUT2D eigenvalue weighted by Gasteiger charge is -2.28.